The first-order chi connectivity index (χ1) is 8.86. The van der Waals surface area contributed by atoms with Gasteiger partial charge in [-0.2, -0.15) is 0 Å². The van der Waals surface area contributed by atoms with Crippen molar-refractivity contribution in [3.8, 4) is 0 Å². The fourth-order valence-electron chi connectivity index (χ4n) is 2.40. The van der Waals surface area contributed by atoms with E-state index >= 15 is 0 Å². The monoisotopic (exact) mass is 265 g/mol. The van der Waals surface area contributed by atoms with Gasteiger partial charge in [0.15, 0.2) is 0 Å². The van der Waals surface area contributed by atoms with Crippen LogP contribution in [0.3, 0.4) is 0 Å². The molecule has 1 fully saturated rings. The van der Waals surface area contributed by atoms with E-state index in [0.717, 1.165) is 0 Å². The molecule has 102 valence electrons. The number of hydrogen-bond donors (Lipinski definition) is 1. The number of aryl methyl sites for hydroxylation is 1. The van der Waals surface area contributed by atoms with Crippen LogP contribution in [0.4, 0.5) is 11.5 Å². The van der Waals surface area contributed by atoms with Crippen molar-refractivity contribution < 1.29 is 14.8 Å². The topological polar surface area (TPSA) is 96.6 Å². The summed E-state index contributed by atoms with van der Waals surface area (Å²) < 4.78 is 0. The number of carboxylic acid groups (broad SMARTS) is 1. The molecule has 2 rings (SSSR count). The highest BCUT2D eigenvalue weighted by Crippen LogP contribution is 2.37. The minimum Gasteiger partial charge on any atom is -0.480 e. The molecule has 0 aromatic carbocycles. The van der Waals surface area contributed by atoms with Gasteiger partial charge in [0.2, 0.25) is 5.82 Å². The molecule has 0 saturated carbocycles. The first-order valence-corrected chi connectivity index (χ1v) is 5.99. The molecule has 0 spiro atoms. The Morgan fingerprint density at radius 1 is 1.58 bits per heavy atom. The minimum absolute atomic E-state index is 0.146. The lowest BCUT2D eigenvalue weighted by Crippen LogP contribution is -2.48. The maximum atomic E-state index is 11.4. The lowest BCUT2D eigenvalue weighted by molar-refractivity contribution is -0.384. The van der Waals surface area contributed by atoms with E-state index in [-0.39, 0.29) is 11.5 Å². The molecule has 1 atom stereocenters. The molecule has 2 heterocycles. The highest BCUT2D eigenvalue weighted by Gasteiger charge is 2.46. The predicted molar refractivity (Wildman–Crippen MR) is 68.2 cm³/mol. The van der Waals surface area contributed by atoms with Crippen molar-refractivity contribution in [2.75, 3.05) is 11.4 Å². The Hall–Kier alpha value is -2.18. The summed E-state index contributed by atoms with van der Waals surface area (Å²) in [7, 11) is 0. The Labute approximate surface area is 110 Å². The van der Waals surface area contributed by atoms with Crippen LogP contribution in [0.2, 0.25) is 0 Å². The van der Waals surface area contributed by atoms with Gasteiger partial charge in [-0.3, -0.25) is 10.1 Å². The predicted octanol–water partition coefficient (Wildman–Crippen LogP) is 1.74. The molecule has 1 aromatic rings. The van der Waals surface area contributed by atoms with E-state index < -0.39 is 16.4 Å². The summed E-state index contributed by atoms with van der Waals surface area (Å²) in [6, 6.07) is 2.92. The summed E-state index contributed by atoms with van der Waals surface area (Å²) in [6.45, 7) is 3.76. The standard InChI is InChI=1S/C12H15N3O4/c1-8-4-5-9(15(18)19)10(13-8)14-7-3-6-12(14,2)11(16)17/h4-5H,3,6-7H2,1-2H3,(H,16,17). The van der Waals surface area contributed by atoms with Crippen LogP contribution < -0.4 is 4.90 Å². The molecule has 1 aliphatic heterocycles. The Bertz CT molecular complexity index is 546. The van der Waals surface area contributed by atoms with Gasteiger partial charge >= 0.3 is 11.7 Å². The third kappa shape index (κ3) is 2.11. The number of hydrogen-bond acceptors (Lipinski definition) is 5. The van der Waals surface area contributed by atoms with Gasteiger partial charge in [-0.25, -0.2) is 9.78 Å². The summed E-state index contributed by atoms with van der Waals surface area (Å²) >= 11 is 0. The number of aliphatic carboxylic acids is 1. The van der Waals surface area contributed by atoms with Crippen LogP contribution in [0, 0.1) is 17.0 Å². The molecule has 1 aliphatic rings. The van der Waals surface area contributed by atoms with E-state index in [1.807, 2.05) is 0 Å². The van der Waals surface area contributed by atoms with Crippen LogP contribution in [-0.4, -0.2) is 33.1 Å². The lowest BCUT2D eigenvalue weighted by atomic mass is 9.99. The number of rotatable bonds is 3. The van der Waals surface area contributed by atoms with Crippen molar-refractivity contribution in [1.82, 2.24) is 4.98 Å². The third-order valence-corrected chi connectivity index (χ3v) is 3.55. The Kier molecular flexibility index (Phi) is 3.13. The van der Waals surface area contributed by atoms with Gasteiger partial charge in [0.1, 0.15) is 5.54 Å². The number of nitrogens with zero attached hydrogens (tertiary/aromatic N) is 3. The van der Waals surface area contributed by atoms with Gasteiger partial charge in [-0.15, -0.1) is 0 Å². The van der Waals surface area contributed by atoms with Crippen LogP contribution in [-0.2, 0) is 4.79 Å². The number of anilines is 1. The van der Waals surface area contributed by atoms with Crippen molar-refractivity contribution in [2.45, 2.75) is 32.2 Å². The largest absolute Gasteiger partial charge is 0.480 e. The van der Waals surface area contributed by atoms with Crippen molar-refractivity contribution in [1.29, 1.82) is 0 Å². The van der Waals surface area contributed by atoms with Crippen molar-refractivity contribution in [3.63, 3.8) is 0 Å². The van der Waals surface area contributed by atoms with Crippen LogP contribution in [0.1, 0.15) is 25.5 Å². The van der Waals surface area contributed by atoms with Crippen LogP contribution in [0.5, 0.6) is 0 Å². The molecule has 1 saturated heterocycles. The van der Waals surface area contributed by atoms with Gasteiger partial charge in [0.05, 0.1) is 4.92 Å². The van der Waals surface area contributed by atoms with E-state index in [9.17, 15) is 20.0 Å². The van der Waals surface area contributed by atoms with Crippen molar-refractivity contribution in [3.05, 3.63) is 27.9 Å². The number of aromatic nitrogens is 1. The molecule has 0 amide bonds. The summed E-state index contributed by atoms with van der Waals surface area (Å²) in [6.07, 6.45) is 1.13. The molecular weight excluding hydrogens is 250 g/mol. The SMILES string of the molecule is Cc1ccc([N+](=O)[O-])c(N2CCCC2(C)C(=O)O)n1. The van der Waals surface area contributed by atoms with Gasteiger partial charge in [-0.1, -0.05) is 0 Å². The van der Waals surface area contributed by atoms with E-state index in [0.29, 0.717) is 25.1 Å². The zero-order chi connectivity index (χ0) is 14.2. The normalized spacial score (nSPS) is 22.5. The summed E-state index contributed by atoms with van der Waals surface area (Å²) in [4.78, 5) is 27.7. The van der Waals surface area contributed by atoms with Gasteiger partial charge in [0, 0.05) is 18.3 Å². The van der Waals surface area contributed by atoms with Crippen LogP contribution >= 0.6 is 0 Å². The second kappa shape index (κ2) is 4.49. The maximum absolute atomic E-state index is 11.4. The summed E-state index contributed by atoms with van der Waals surface area (Å²) in [5, 5.41) is 20.4. The molecule has 1 aromatic heterocycles. The second-order valence-corrected chi connectivity index (χ2v) is 4.89. The second-order valence-electron chi connectivity index (χ2n) is 4.89. The third-order valence-electron chi connectivity index (χ3n) is 3.55. The molecule has 1 unspecified atom stereocenters. The molecule has 0 aliphatic carbocycles. The first-order valence-electron chi connectivity index (χ1n) is 5.99. The fourth-order valence-corrected chi connectivity index (χ4v) is 2.40. The van der Waals surface area contributed by atoms with E-state index in [2.05, 4.69) is 4.98 Å². The van der Waals surface area contributed by atoms with Crippen LogP contribution in [0.15, 0.2) is 12.1 Å². The quantitative estimate of drug-likeness (QED) is 0.660. The number of nitro groups is 1. The van der Waals surface area contributed by atoms with E-state index in [1.165, 1.54) is 11.0 Å². The highest BCUT2D eigenvalue weighted by atomic mass is 16.6. The van der Waals surface area contributed by atoms with Crippen molar-refractivity contribution in [2.24, 2.45) is 0 Å². The first kappa shape index (κ1) is 13.3. The van der Waals surface area contributed by atoms with Crippen LogP contribution in [0.25, 0.3) is 0 Å². The lowest BCUT2D eigenvalue weighted by Gasteiger charge is -2.31. The molecule has 19 heavy (non-hydrogen) atoms. The average Bonchev–Trinajstić information content (AvgIpc) is 2.72. The molecule has 7 heteroatoms. The van der Waals surface area contributed by atoms with Crippen molar-refractivity contribution >= 4 is 17.5 Å². The zero-order valence-electron chi connectivity index (χ0n) is 10.8. The number of pyridine rings is 1. The molecular formula is C12H15N3O4. The summed E-state index contributed by atoms with van der Waals surface area (Å²) in [5.74, 6) is -0.838. The summed E-state index contributed by atoms with van der Waals surface area (Å²) in [5.41, 5.74) is -0.661. The highest BCUT2D eigenvalue weighted by molar-refractivity contribution is 5.84. The average molecular weight is 265 g/mol. The minimum atomic E-state index is -1.13. The van der Waals surface area contributed by atoms with E-state index in [1.54, 1.807) is 19.9 Å². The van der Waals surface area contributed by atoms with Gasteiger partial charge < -0.3 is 10.0 Å². The maximum Gasteiger partial charge on any atom is 0.329 e. The fraction of sp³-hybridized carbons (Fsp3) is 0.500. The van der Waals surface area contributed by atoms with Gasteiger partial charge in [0.25, 0.3) is 0 Å². The molecule has 0 bridgehead atoms. The molecule has 1 N–H and O–H groups in total. The number of carbonyl (C=O) groups is 1. The zero-order valence-corrected chi connectivity index (χ0v) is 10.8. The Morgan fingerprint density at radius 2 is 2.26 bits per heavy atom. The Morgan fingerprint density at radius 3 is 2.84 bits per heavy atom. The number of carboxylic acids is 1. The molecule has 7 nitrogen and oxygen atoms in total. The molecule has 0 radical (unpaired) electrons. The Balaban J connectivity index is 2.55. The van der Waals surface area contributed by atoms with E-state index in [4.69, 9.17) is 0 Å². The van der Waals surface area contributed by atoms with Gasteiger partial charge in [-0.05, 0) is 32.8 Å². The smallest absolute Gasteiger partial charge is 0.329 e.